The fourth-order valence-electron chi connectivity index (χ4n) is 2.71. The molecular weight excluding hydrogens is 332 g/mol. The number of rotatable bonds is 5. The van der Waals surface area contributed by atoms with E-state index in [1.165, 1.54) is 4.52 Å². The molecule has 3 N–H and O–H groups in total. The Morgan fingerprint density at radius 2 is 2.04 bits per heavy atom. The summed E-state index contributed by atoms with van der Waals surface area (Å²) in [6.07, 6.45) is 1.57. The first kappa shape index (κ1) is 15.9. The Morgan fingerprint density at radius 3 is 2.81 bits per heavy atom. The van der Waals surface area contributed by atoms with Crippen molar-refractivity contribution in [3.63, 3.8) is 0 Å². The van der Waals surface area contributed by atoms with Gasteiger partial charge in [0.15, 0.2) is 5.76 Å². The third kappa shape index (κ3) is 2.71. The molecule has 0 fully saturated rings. The molecule has 0 aliphatic heterocycles. The van der Waals surface area contributed by atoms with Crippen LogP contribution in [0.15, 0.2) is 47.1 Å². The van der Waals surface area contributed by atoms with Crippen molar-refractivity contribution < 1.29 is 9.15 Å². The van der Waals surface area contributed by atoms with Gasteiger partial charge < -0.3 is 20.2 Å². The lowest BCUT2D eigenvalue weighted by Crippen LogP contribution is -2.10. The number of anilines is 2. The van der Waals surface area contributed by atoms with Crippen LogP contribution < -0.4 is 15.8 Å². The number of aromatic nitrogens is 4. The van der Waals surface area contributed by atoms with Gasteiger partial charge in [-0.1, -0.05) is 18.2 Å². The van der Waals surface area contributed by atoms with Crippen LogP contribution in [0, 0.1) is 6.92 Å². The van der Waals surface area contributed by atoms with Crippen LogP contribution >= 0.6 is 0 Å². The van der Waals surface area contributed by atoms with Gasteiger partial charge in [-0.05, 0) is 25.1 Å². The van der Waals surface area contributed by atoms with Crippen molar-refractivity contribution in [2.24, 2.45) is 0 Å². The van der Waals surface area contributed by atoms with Crippen LogP contribution in [0.4, 0.5) is 11.6 Å². The third-order valence-corrected chi connectivity index (χ3v) is 4.15. The summed E-state index contributed by atoms with van der Waals surface area (Å²) in [5, 5.41) is 7.68. The highest BCUT2D eigenvalue weighted by atomic mass is 16.5. The van der Waals surface area contributed by atoms with Crippen LogP contribution in [0.2, 0.25) is 0 Å². The average Bonchev–Trinajstić information content (AvgIpc) is 3.33. The first-order valence-corrected chi connectivity index (χ1v) is 8.10. The molecule has 0 radical (unpaired) electrons. The lowest BCUT2D eigenvalue weighted by molar-refractivity contribution is 0.410. The van der Waals surface area contributed by atoms with Crippen LogP contribution in [-0.2, 0) is 6.54 Å². The van der Waals surface area contributed by atoms with Crippen molar-refractivity contribution in [2.75, 3.05) is 18.2 Å². The molecule has 0 atom stereocenters. The van der Waals surface area contributed by atoms with Crippen molar-refractivity contribution in [2.45, 2.75) is 13.5 Å². The second-order valence-electron chi connectivity index (χ2n) is 5.76. The Kier molecular flexibility index (Phi) is 3.92. The van der Waals surface area contributed by atoms with E-state index in [4.69, 9.17) is 14.9 Å². The van der Waals surface area contributed by atoms with E-state index >= 15 is 0 Å². The molecule has 0 saturated carbocycles. The number of nitrogens with one attached hydrogen (secondary N) is 1. The maximum atomic E-state index is 6.24. The first-order chi connectivity index (χ1) is 12.7. The maximum absolute atomic E-state index is 6.24. The molecule has 0 saturated heterocycles. The smallest absolute Gasteiger partial charge is 0.256 e. The first-order valence-electron chi connectivity index (χ1n) is 8.10. The molecule has 8 heteroatoms. The SMILES string of the molecule is COc1ccccc1CNc1nc2nc(-c3ccco3)nn2c(N)c1C. The van der Waals surface area contributed by atoms with Crippen LogP contribution in [0.5, 0.6) is 5.75 Å². The molecule has 0 unspecified atom stereocenters. The molecule has 0 bridgehead atoms. The topological polar surface area (TPSA) is 103 Å². The number of para-hydroxylation sites is 1. The standard InChI is InChI=1S/C18H18N6O2/c1-11-15(19)24-18(22-17(23-24)14-8-5-9-26-14)21-16(11)20-10-12-6-3-4-7-13(12)25-2/h3-9H,10,19H2,1-2H3,(H,20,21,22,23). The van der Waals surface area contributed by atoms with Gasteiger partial charge in [0.2, 0.25) is 5.82 Å². The highest BCUT2D eigenvalue weighted by molar-refractivity contribution is 5.62. The summed E-state index contributed by atoms with van der Waals surface area (Å²) in [6.45, 7) is 2.44. The molecule has 8 nitrogen and oxygen atoms in total. The van der Waals surface area contributed by atoms with E-state index in [1.54, 1.807) is 25.5 Å². The Balaban J connectivity index is 1.68. The molecule has 4 aromatic rings. The molecule has 1 aromatic carbocycles. The Hall–Kier alpha value is -3.55. The number of nitrogens with zero attached hydrogens (tertiary/aromatic N) is 4. The number of methoxy groups -OCH3 is 1. The average molecular weight is 350 g/mol. The van der Waals surface area contributed by atoms with E-state index in [0.717, 1.165) is 16.9 Å². The minimum Gasteiger partial charge on any atom is -0.496 e. The minimum absolute atomic E-state index is 0.405. The number of benzene rings is 1. The van der Waals surface area contributed by atoms with Gasteiger partial charge in [0.25, 0.3) is 5.78 Å². The summed E-state index contributed by atoms with van der Waals surface area (Å²) in [5.41, 5.74) is 8.05. The number of fused-ring (bicyclic) bond motifs is 1. The van der Waals surface area contributed by atoms with E-state index in [9.17, 15) is 0 Å². The highest BCUT2D eigenvalue weighted by Crippen LogP contribution is 2.24. The Bertz CT molecular complexity index is 1060. The number of furan rings is 1. The van der Waals surface area contributed by atoms with Gasteiger partial charge in [0.1, 0.15) is 17.4 Å². The zero-order valence-corrected chi connectivity index (χ0v) is 14.4. The fourth-order valence-corrected chi connectivity index (χ4v) is 2.71. The van der Waals surface area contributed by atoms with Crippen molar-refractivity contribution in [3.8, 4) is 17.3 Å². The largest absolute Gasteiger partial charge is 0.496 e. The predicted molar refractivity (Wildman–Crippen MR) is 98.0 cm³/mol. The van der Waals surface area contributed by atoms with Gasteiger partial charge in [-0.25, -0.2) is 0 Å². The molecule has 4 rings (SSSR count). The molecule has 26 heavy (non-hydrogen) atoms. The van der Waals surface area contributed by atoms with Crippen molar-refractivity contribution >= 4 is 17.4 Å². The molecule has 0 spiro atoms. The number of hydrogen-bond donors (Lipinski definition) is 2. The molecular formula is C18H18N6O2. The number of nitrogen functional groups attached to an aromatic ring is 1. The van der Waals surface area contributed by atoms with Crippen molar-refractivity contribution in [3.05, 3.63) is 53.8 Å². The van der Waals surface area contributed by atoms with E-state index in [1.807, 2.05) is 31.2 Å². The lowest BCUT2D eigenvalue weighted by Gasteiger charge is -2.13. The summed E-state index contributed by atoms with van der Waals surface area (Å²) < 4.78 is 12.2. The normalized spacial score (nSPS) is 11.0. The molecule has 0 aliphatic rings. The van der Waals surface area contributed by atoms with E-state index < -0.39 is 0 Å². The fraction of sp³-hybridized carbons (Fsp3) is 0.167. The van der Waals surface area contributed by atoms with Gasteiger partial charge in [0.05, 0.1) is 13.4 Å². The van der Waals surface area contributed by atoms with Gasteiger partial charge in [-0.2, -0.15) is 14.5 Å². The van der Waals surface area contributed by atoms with Crippen molar-refractivity contribution in [1.82, 2.24) is 19.6 Å². The van der Waals surface area contributed by atoms with Gasteiger partial charge in [-0.15, -0.1) is 5.10 Å². The second kappa shape index (κ2) is 6.40. The summed E-state index contributed by atoms with van der Waals surface area (Å²) in [7, 11) is 1.65. The van der Waals surface area contributed by atoms with Crippen LogP contribution in [0.25, 0.3) is 17.4 Å². The van der Waals surface area contributed by atoms with Gasteiger partial charge >= 0.3 is 0 Å². The molecule has 0 amide bonds. The summed E-state index contributed by atoms with van der Waals surface area (Å²) in [4.78, 5) is 8.96. The lowest BCUT2D eigenvalue weighted by atomic mass is 10.2. The van der Waals surface area contributed by atoms with Crippen LogP contribution in [-0.4, -0.2) is 26.7 Å². The maximum Gasteiger partial charge on any atom is 0.256 e. The monoisotopic (exact) mass is 350 g/mol. The predicted octanol–water partition coefficient (Wildman–Crippen LogP) is 2.90. The van der Waals surface area contributed by atoms with Crippen LogP contribution in [0.3, 0.4) is 0 Å². The molecule has 0 aliphatic carbocycles. The van der Waals surface area contributed by atoms with Crippen molar-refractivity contribution in [1.29, 1.82) is 0 Å². The summed E-state index contributed by atoms with van der Waals surface area (Å²) in [5.74, 6) is 3.35. The quantitative estimate of drug-likeness (QED) is 0.570. The Labute approximate surface area is 149 Å². The Morgan fingerprint density at radius 1 is 1.19 bits per heavy atom. The minimum atomic E-state index is 0.405. The summed E-state index contributed by atoms with van der Waals surface area (Å²) in [6, 6.07) is 11.4. The molecule has 132 valence electrons. The number of nitrogens with two attached hydrogens (primary N) is 1. The van der Waals surface area contributed by atoms with Gasteiger partial charge in [0, 0.05) is 17.7 Å². The molecule has 3 heterocycles. The molecule has 3 aromatic heterocycles. The van der Waals surface area contributed by atoms with E-state index in [2.05, 4.69) is 20.4 Å². The summed E-state index contributed by atoms with van der Waals surface area (Å²) >= 11 is 0. The van der Waals surface area contributed by atoms with E-state index in [-0.39, 0.29) is 0 Å². The van der Waals surface area contributed by atoms with E-state index in [0.29, 0.717) is 35.5 Å². The number of ether oxygens (including phenoxy) is 1. The highest BCUT2D eigenvalue weighted by Gasteiger charge is 2.16. The zero-order valence-electron chi connectivity index (χ0n) is 14.4. The number of hydrogen-bond acceptors (Lipinski definition) is 7. The van der Waals surface area contributed by atoms with Crippen LogP contribution in [0.1, 0.15) is 11.1 Å². The van der Waals surface area contributed by atoms with Gasteiger partial charge in [-0.3, -0.25) is 0 Å². The zero-order chi connectivity index (χ0) is 18.1. The second-order valence-corrected chi connectivity index (χ2v) is 5.76. The third-order valence-electron chi connectivity index (χ3n) is 4.15.